The first-order valence-corrected chi connectivity index (χ1v) is 12.5. The van der Waals surface area contributed by atoms with Gasteiger partial charge in [0, 0.05) is 36.1 Å². The highest BCUT2D eigenvalue weighted by Crippen LogP contribution is 2.38. The molecule has 4 aromatic rings. The van der Waals surface area contributed by atoms with E-state index in [9.17, 15) is 14.7 Å². The number of phenols is 1. The summed E-state index contributed by atoms with van der Waals surface area (Å²) in [6.45, 7) is 2.41. The molecule has 0 saturated heterocycles. The number of amides is 2. The molecule has 1 aliphatic carbocycles. The van der Waals surface area contributed by atoms with Crippen LogP contribution in [-0.2, 0) is 6.54 Å². The van der Waals surface area contributed by atoms with Gasteiger partial charge in [-0.3, -0.25) is 9.78 Å². The van der Waals surface area contributed by atoms with Crippen LogP contribution in [-0.4, -0.2) is 31.8 Å². The number of carbonyl (C=O) groups excluding carboxylic acids is 2. The lowest BCUT2D eigenvalue weighted by Gasteiger charge is -2.12. The van der Waals surface area contributed by atoms with Gasteiger partial charge in [0.1, 0.15) is 5.75 Å². The first kappa shape index (κ1) is 24.2. The molecule has 5 rings (SSSR count). The molecule has 2 amide bonds. The Balaban J connectivity index is 1.42. The number of aryl methyl sites for hydroxylation is 1. The predicted molar refractivity (Wildman–Crippen MR) is 142 cm³/mol. The molecule has 0 bridgehead atoms. The highest BCUT2D eigenvalue weighted by Gasteiger charge is 2.26. The Labute approximate surface area is 215 Å². The maximum absolute atomic E-state index is 13.2. The van der Waals surface area contributed by atoms with Crippen molar-refractivity contribution in [1.82, 2.24) is 20.1 Å². The largest absolute Gasteiger partial charge is 0.507 e. The highest BCUT2D eigenvalue weighted by molar-refractivity contribution is 6.04. The van der Waals surface area contributed by atoms with Crippen LogP contribution in [0.3, 0.4) is 0 Å². The molecule has 3 N–H and O–H groups in total. The zero-order valence-electron chi connectivity index (χ0n) is 20.6. The Hall–Kier alpha value is -4.46. The number of pyridine rings is 1. The zero-order valence-corrected chi connectivity index (χ0v) is 20.6. The Bertz CT molecular complexity index is 1410. The zero-order chi connectivity index (χ0) is 25.8. The van der Waals surface area contributed by atoms with Gasteiger partial charge < -0.3 is 15.7 Å². The van der Waals surface area contributed by atoms with Crippen molar-refractivity contribution in [3.05, 3.63) is 95.4 Å². The molecule has 188 valence electrons. The lowest BCUT2D eigenvalue weighted by molar-refractivity contribution is 0.102. The number of benzene rings is 2. The number of phenolic OH excluding ortho intramolecular Hbond substituents is 1. The van der Waals surface area contributed by atoms with Gasteiger partial charge >= 0.3 is 6.03 Å². The predicted octanol–water partition coefficient (Wildman–Crippen LogP) is 5.63. The molecule has 2 aromatic heterocycles. The fourth-order valence-electron chi connectivity index (χ4n) is 4.68. The lowest BCUT2D eigenvalue weighted by Crippen LogP contribution is -2.30. The van der Waals surface area contributed by atoms with Gasteiger partial charge in [-0.15, -0.1) is 0 Å². The van der Waals surface area contributed by atoms with Gasteiger partial charge in [-0.1, -0.05) is 42.7 Å². The molecule has 0 spiro atoms. The number of aromatic hydroxyl groups is 1. The number of carbonyl (C=O) groups is 2. The minimum Gasteiger partial charge on any atom is -0.507 e. The van der Waals surface area contributed by atoms with E-state index in [2.05, 4.69) is 20.7 Å². The summed E-state index contributed by atoms with van der Waals surface area (Å²) in [6.07, 6.45) is 7.29. The van der Waals surface area contributed by atoms with E-state index in [1.54, 1.807) is 30.5 Å². The Kier molecular flexibility index (Phi) is 6.98. The number of rotatable bonds is 6. The van der Waals surface area contributed by atoms with E-state index in [-0.39, 0.29) is 23.6 Å². The topological polar surface area (TPSA) is 109 Å². The molecule has 1 aliphatic rings. The number of aromatic nitrogens is 3. The fourth-order valence-corrected chi connectivity index (χ4v) is 4.68. The van der Waals surface area contributed by atoms with Crippen LogP contribution in [0.1, 0.15) is 58.8 Å². The van der Waals surface area contributed by atoms with Gasteiger partial charge in [0.25, 0.3) is 5.91 Å². The van der Waals surface area contributed by atoms with Crippen molar-refractivity contribution in [3.63, 3.8) is 0 Å². The van der Waals surface area contributed by atoms with Crippen LogP contribution < -0.4 is 10.6 Å². The first-order chi connectivity index (χ1) is 18.0. The van der Waals surface area contributed by atoms with Crippen LogP contribution in [0.25, 0.3) is 11.3 Å². The van der Waals surface area contributed by atoms with Gasteiger partial charge in [-0.05, 0) is 61.7 Å². The number of nitrogens with zero attached hydrogens (tertiary/aromatic N) is 3. The fraction of sp³-hybridized carbons (Fsp3) is 0.241. The SMILES string of the molecule is Cc1ccc(CNC(=O)n2nc(-c3cc(NC(=O)c4cccnc4)ccc3O)cc2C2CCCC2)cc1. The standard InChI is InChI=1S/C29H29N5O3/c1-19-8-10-20(11-9-19)17-31-29(37)34-26(21-5-2-3-6-21)16-25(33-34)24-15-23(12-13-27(24)35)32-28(36)22-7-4-14-30-18-22/h4,7-16,18,21,35H,2-3,5-6,17H2,1H3,(H,31,37)(H,32,36). The molecular weight excluding hydrogens is 466 g/mol. The van der Waals surface area contributed by atoms with Gasteiger partial charge in [0.2, 0.25) is 0 Å². The molecule has 0 atom stereocenters. The van der Waals surface area contributed by atoms with E-state index in [0.29, 0.717) is 29.1 Å². The summed E-state index contributed by atoms with van der Waals surface area (Å²) in [4.78, 5) is 29.8. The maximum Gasteiger partial charge on any atom is 0.342 e. The summed E-state index contributed by atoms with van der Waals surface area (Å²) >= 11 is 0. The summed E-state index contributed by atoms with van der Waals surface area (Å²) in [6, 6.07) is 17.7. The second-order valence-electron chi connectivity index (χ2n) is 9.42. The van der Waals surface area contributed by atoms with Crippen molar-refractivity contribution < 1.29 is 14.7 Å². The monoisotopic (exact) mass is 495 g/mol. The van der Waals surface area contributed by atoms with Crippen molar-refractivity contribution >= 4 is 17.6 Å². The second kappa shape index (κ2) is 10.7. The molecule has 0 aliphatic heterocycles. The van der Waals surface area contributed by atoms with Gasteiger partial charge in [-0.25, -0.2) is 4.79 Å². The smallest absolute Gasteiger partial charge is 0.342 e. The molecule has 2 aromatic carbocycles. The summed E-state index contributed by atoms with van der Waals surface area (Å²) in [7, 11) is 0. The molecular formula is C29H29N5O3. The van der Waals surface area contributed by atoms with Gasteiger partial charge in [0.05, 0.1) is 17.0 Å². The van der Waals surface area contributed by atoms with E-state index in [1.165, 1.54) is 16.9 Å². The van der Waals surface area contributed by atoms with E-state index in [1.807, 2.05) is 37.3 Å². The van der Waals surface area contributed by atoms with Crippen molar-refractivity contribution in [1.29, 1.82) is 0 Å². The highest BCUT2D eigenvalue weighted by atomic mass is 16.3. The average Bonchev–Trinajstić information content (AvgIpc) is 3.60. The molecule has 37 heavy (non-hydrogen) atoms. The maximum atomic E-state index is 13.2. The second-order valence-corrected chi connectivity index (χ2v) is 9.42. The molecule has 1 fully saturated rings. The first-order valence-electron chi connectivity index (χ1n) is 12.5. The summed E-state index contributed by atoms with van der Waals surface area (Å²) in [5.74, 6) is -0.0681. The van der Waals surface area contributed by atoms with Gasteiger partial charge in [-0.2, -0.15) is 9.78 Å². The van der Waals surface area contributed by atoms with Crippen molar-refractivity contribution in [2.75, 3.05) is 5.32 Å². The van der Waals surface area contributed by atoms with E-state index >= 15 is 0 Å². The Morgan fingerprint density at radius 3 is 2.57 bits per heavy atom. The molecule has 8 nitrogen and oxygen atoms in total. The summed E-state index contributed by atoms with van der Waals surface area (Å²) in [5.41, 5.74) is 4.84. The molecule has 1 saturated carbocycles. The molecule has 2 heterocycles. The minimum atomic E-state index is -0.311. The quantitative estimate of drug-likeness (QED) is 0.301. The summed E-state index contributed by atoms with van der Waals surface area (Å²) in [5, 5.41) is 21.1. The van der Waals surface area contributed by atoms with Crippen LogP contribution in [0.5, 0.6) is 5.75 Å². The minimum absolute atomic E-state index is 0.0158. The van der Waals surface area contributed by atoms with Crippen LogP contribution in [0.2, 0.25) is 0 Å². The van der Waals surface area contributed by atoms with Crippen LogP contribution >= 0.6 is 0 Å². The Morgan fingerprint density at radius 2 is 1.84 bits per heavy atom. The third-order valence-corrected chi connectivity index (χ3v) is 6.72. The molecule has 8 heteroatoms. The number of nitrogens with one attached hydrogen (secondary N) is 2. The van der Waals surface area contributed by atoms with E-state index < -0.39 is 0 Å². The van der Waals surface area contributed by atoms with Crippen molar-refractivity contribution in [2.45, 2.75) is 45.1 Å². The van der Waals surface area contributed by atoms with Gasteiger partial charge in [0.15, 0.2) is 0 Å². The normalized spacial score (nSPS) is 13.4. The number of hydrogen-bond donors (Lipinski definition) is 3. The molecule has 0 radical (unpaired) electrons. The lowest BCUT2D eigenvalue weighted by atomic mass is 10.0. The Morgan fingerprint density at radius 1 is 1.05 bits per heavy atom. The molecule has 0 unspecified atom stereocenters. The average molecular weight is 496 g/mol. The van der Waals surface area contributed by atoms with E-state index in [0.717, 1.165) is 42.5 Å². The summed E-state index contributed by atoms with van der Waals surface area (Å²) < 4.78 is 1.43. The van der Waals surface area contributed by atoms with Crippen molar-refractivity contribution in [2.24, 2.45) is 0 Å². The van der Waals surface area contributed by atoms with Crippen LogP contribution in [0.4, 0.5) is 10.5 Å². The van der Waals surface area contributed by atoms with Crippen LogP contribution in [0.15, 0.2) is 73.1 Å². The van der Waals surface area contributed by atoms with E-state index in [4.69, 9.17) is 0 Å². The number of anilines is 1. The van der Waals surface area contributed by atoms with Crippen LogP contribution in [0, 0.1) is 6.92 Å². The number of hydrogen-bond acceptors (Lipinski definition) is 5. The third kappa shape index (κ3) is 5.53. The van der Waals surface area contributed by atoms with Crippen molar-refractivity contribution in [3.8, 4) is 17.0 Å². The third-order valence-electron chi connectivity index (χ3n) is 6.72.